The first-order valence-corrected chi connectivity index (χ1v) is 7.39. The smallest absolute Gasteiger partial charge is 0.221 e. The van der Waals surface area contributed by atoms with Crippen molar-refractivity contribution in [3.8, 4) is 0 Å². The van der Waals surface area contributed by atoms with E-state index < -0.39 is 24.5 Å². The molecule has 4 atom stereocenters. The molecule has 0 unspecified atom stereocenters. The van der Waals surface area contributed by atoms with Gasteiger partial charge in [0.1, 0.15) is 18.3 Å². The van der Waals surface area contributed by atoms with Crippen molar-refractivity contribution < 1.29 is 29.6 Å². The Morgan fingerprint density at radius 3 is 2.33 bits per heavy atom. The maximum absolute atomic E-state index is 11.3. The Morgan fingerprint density at radius 1 is 1.04 bits per heavy atom. The third-order valence-electron chi connectivity index (χ3n) is 3.45. The van der Waals surface area contributed by atoms with Crippen molar-refractivity contribution in [1.82, 2.24) is 0 Å². The Bertz CT molecular complexity index is 623. The highest BCUT2D eigenvalue weighted by Crippen LogP contribution is 2.28. The van der Waals surface area contributed by atoms with Crippen LogP contribution in [0.2, 0.25) is 0 Å². The predicted molar refractivity (Wildman–Crippen MR) is 86.4 cm³/mol. The predicted octanol–water partition coefficient (Wildman–Crippen LogP) is -0.546. The topological polar surface area (TPSA) is 140 Å². The summed E-state index contributed by atoms with van der Waals surface area (Å²) in [5.41, 5.74) is 1.27. The van der Waals surface area contributed by atoms with Gasteiger partial charge in [0.25, 0.3) is 0 Å². The van der Waals surface area contributed by atoms with Crippen LogP contribution in [0.5, 0.6) is 0 Å². The summed E-state index contributed by atoms with van der Waals surface area (Å²) >= 11 is 0. The fraction of sp³-hybridized carbons (Fsp3) is 0.467. The Labute approximate surface area is 138 Å². The Balaban J connectivity index is 2.24. The molecule has 1 aliphatic rings. The van der Waals surface area contributed by atoms with Crippen molar-refractivity contribution in [2.45, 2.75) is 38.4 Å². The van der Waals surface area contributed by atoms with E-state index in [9.17, 15) is 24.9 Å². The van der Waals surface area contributed by atoms with E-state index >= 15 is 0 Å². The maximum Gasteiger partial charge on any atom is 0.221 e. The Hall–Kier alpha value is -2.20. The van der Waals surface area contributed by atoms with Crippen LogP contribution in [0.1, 0.15) is 13.8 Å². The quantitative estimate of drug-likeness (QED) is 0.433. The van der Waals surface area contributed by atoms with Crippen LogP contribution in [0, 0.1) is 0 Å². The second kappa shape index (κ2) is 7.58. The van der Waals surface area contributed by atoms with Crippen molar-refractivity contribution in [3.05, 3.63) is 18.2 Å². The molecule has 2 rings (SSSR count). The Morgan fingerprint density at radius 2 is 1.71 bits per heavy atom. The van der Waals surface area contributed by atoms with Gasteiger partial charge in [-0.3, -0.25) is 9.59 Å². The summed E-state index contributed by atoms with van der Waals surface area (Å²) in [5, 5.41) is 37.3. The minimum atomic E-state index is -1.37. The Kier molecular flexibility index (Phi) is 5.73. The largest absolute Gasteiger partial charge is 0.388 e. The molecule has 1 fully saturated rings. The van der Waals surface area contributed by atoms with Crippen LogP contribution >= 0.6 is 0 Å². The molecular formula is C15H21N3O6. The van der Waals surface area contributed by atoms with Gasteiger partial charge in [-0.15, -0.1) is 0 Å². The number of hydrogen-bond acceptors (Lipinski definition) is 7. The lowest BCUT2D eigenvalue weighted by Gasteiger charge is -2.36. The zero-order valence-corrected chi connectivity index (χ0v) is 13.3. The summed E-state index contributed by atoms with van der Waals surface area (Å²) < 4.78 is 5.29. The molecule has 1 heterocycles. The number of carbonyl (C=O) groups excluding carboxylic acids is 2. The number of anilines is 3. The van der Waals surface area contributed by atoms with Crippen molar-refractivity contribution >= 4 is 28.9 Å². The number of nitrogens with one attached hydrogen (secondary N) is 3. The van der Waals surface area contributed by atoms with E-state index in [2.05, 4.69) is 16.0 Å². The minimum Gasteiger partial charge on any atom is -0.388 e. The normalized spacial score (nSPS) is 26.5. The molecule has 132 valence electrons. The summed E-state index contributed by atoms with van der Waals surface area (Å²) in [7, 11) is 0. The van der Waals surface area contributed by atoms with Gasteiger partial charge in [0.2, 0.25) is 11.8 Å². The fourth-order valence-corrected chi connectivity index (χ4v) is 2.33. The SMILES string of the molecule is CC(=O)Nc1ccc(NC(C)=O)c(N[C@H]2OC[C@@H](O)[C@@H](O)[C@H]2O)c1. The molecule has 0 spiro atoms. The van der Waals surface area contributed by atoms with Gasteiger partial charge in [0.15, 0.2) is 6.23 Å². The van der Waals surface area contributed by atoms with Crippen molar-refractivity contribution in [3.63, 3.8) is 0 Å². The monoisotopic (exact) mass is 339 g/mol. The van der Waals surface area contributed by atoms with Crippen molar-refractivity contribution in [2.24, 2.45) is 0 Å². The summed E-state index contributed by atoms with van der Waals surface area (Å²) in [6.07, 6.45) is -4.91. The fourth-order valence-electron chi connectivity index (χ4n) is 2.33. The van der Waals surface area contributed by atoms with Crippen LogP contribution in [-0.4, -0.2) is 58.3 Å². The van der Waals surface area contributed by atoms with Gasteiger partial charge in [-0.05, 0) is 18.2 Å². The lowest BCUT2D eigenvalue weighted by atomic mass is 10.0. The van der Waals surface area contributed by atoms with E-state index in [0.717, 1.165) is 0 Å². The highest BCUT2D eigenvalue weighted by molar-refractivity contribution is 5.95. The minimum absolute atomic E-state index is 0.156. The molecule has 9 nitrogen and oxygen atoms in total. The standard InChI is InChI=1S/C15H21N3O6/c1-7(19)16-9-3-4-10(17-8(2)20)11(5-9)18-15-14(23)13(22)12(21)6-24-15/h3-5,12-15,18,21-23H,6H2,1-2H3,(H,16,19)(H,17,20)/t12-,13-,14-,15+/m1/s1. The number of amides is 2. The maximum atomic E-state index is 11.3. The van der Waals surface area contributed by atoms with Crippen LogP contribution in [0.3, 0.4) is 0 Å². The lowest BCUT2D eigenvalue weighted by Crippen LogP contribution is -2.55. The summed E-state index contributed by atoms with van der Waals surface area (Å²) in [5.74, 6) is -0.563. The molecule has 9 heteroatoms. The third-order valence-corrected chi connectivity index (χ3v) is 3.45. The van der Waals surface area contributed by atoms with Crippen LogP contribution in [0.4, 0.5) is 17.1 Å². The number of aliphatic hydroxyl groups is 3. The highest BCUT2D eigenvalue weighted by atomic mass is 16.5. The van der Waals surface area contributed by atoms with Crippen LogP contribution in [0.25, 0.3) is 0 Å². The summed E-state index contributed by atoms with van der Waals surface area (Å²) in [6.45, 7) is 2.55. The highest BCUT2D eigenvalue weighted by Gasteiger charge is 2.37. The second-order valence-electron chi connectivity index (χ2n) is 5.57. The number of benzene rings is 1. The van der Waals surface area contributed by atoms with E-state index in [1.54, 1.807) is 18.2 Å². The molecule has 2 amide bonds. The number of rotatable bonds is 4. The number of aliphatic hydroxyl groups excluding tert-OH is 3. The van der Waals surface area contributed by atoms with Crippen LogP contribution in [0.15, 0.2) is 18.2 Å². The second-order valence-corrected chi connectivity index (χ2v) is 5.57. The zero-order valence-electron chi connectivity index (χ0n) is 13.3. The average molecular weight is 339 g/mol. The molecule has 24 heavy (non-hydrogen) atoms. The number of carbonyl (C=O) groups is 2. The number of ether oxygens (including phenoxy) is 1. The summed E-state index contributed by atoms with van der Waals surface area (Å²) in [4.78, 5) is 22.5. The van der Waals surface area contributed by atoms with Gasteiger partial charge in [0, 0.05) is 19.5 Å². The van der Waals surface area contributed by atoms with E-state index in [0.29, 0.717) is 17.1 Å². The molecule has 0 aliphatic carbocycles. The molecule has 0 bridgehead atoms. The van der Waals surface area contributed by atoms with Gasteiger partial charge < -0.3 is 36.0 Å². The van der Waals surface area contributed by atoms with Crippen LogP contribution in [-0.2, 0) is 14.3 Å². The first-order valence-electron chi connectivity index (χ1n) is 7.39. The molecule has 1 aromatic carbocycles. The molecule has 0 radical (unpaired) electrons. The van der Waals surface area contributed by atoms with E-state index in [4.69, 9.17) is 4.74 Å². The van der Waals surface area contributed by atoms with Gasteiger partial charge >= 0.3 is 0 Å². The first kappa shape index (κ1) is 18.1. The van der Waals surface area contributed by atoms with Crippen LogP contribution < -0.4 is 16.0 Å². The van der Waals surface area contributed by atoms with Gasteiger partial charge in [-0.25, -0.2) is 0 Å². The first-order chi connectivity index (χ1) is 11.3. The molecular weight excluding hydrogens is 318 g/mol. The molecule has 6 N–H and O–H groups in total. The lowest BCUT2D eigenvalue weighted by molar-refractivity contribution is -0.178. The summed E-state index contributed by atoms with van der Waals surface area (Å²) in [6, 6.07) is 4.74. The van der Waals surface area contributed by atoms with Crippen molar-refractivity contribution in [1.29, 1.82) is 0 Å². The average Bonchev–Trinajstić information content (AvgIpc) is 2.49. The molecule has 1 aliphatic heterocycles. The molecule has 1 aromatic rings. The molecule has 0 saturated carbocycles. The molecule has 1 saturated heterocycles. The third kappa shape index (κ3) is 4.42. The van der Waals surface area contributed by atoms with Crippen molar-refractivity contribution in [2.75, 3.05) is 22.6 Å². The zero-order chi connectivity index (χ0) is 17.9. The number of hydrogen-bond donors (Lipinski definition) is 6. The molecule has 0 aromatic heterocycles. The van der Waals surface area contributed by atoms with E-state index in [1.165, 1.54) is 13.8 Å². The van der Waals surface area contributed by atoms with Gasteiger partial charge in [0.05, 0.1) is 18.0 Å². The van der Waals surface area contributed by atoms with Gasteiger partial charge in [-0.1, -0.05) is 0 Å². The van der Waals surface area contributed by atoms with Gasteiger partial charge in [-0.2, -0.15) is 0 Å². The van der Waals surface area contributed by atoms with E-state index in [1.807, 2.05) is 0 Å². The van der Waals surface area contributed by atoms with E-state index in [-0.39, 0.29) is 18.4 Å².